The van der Waals surface area contributed by atoms with E-state index in [1.165, 1.54) is 19.3 Å². The second-order valence-corrected chi connectivity index (χ2v) is 3.87. The molecular formula is C11H19N. The highest BCUT2D eigenvalue weighted by Gasteiger charge is 2.23. The summed E-state index contributed by atoms with van der Waals surface area (Å²) in [5, 5.41) is 3.45. The summed E-state index contributed by atoms with van der Waals surface area (Å²) in [6.45, 7) is 4.36. The predicted octanol–water partition coefficient (Wildman–Crippen LogP) is 2.18. The molecule has 1 N–H and O–H groups in total. The summed E-state index contributed by atoms with van der Waals surface area (Å²) in [5.74, 6) is 3.75. The second kappa shape index (κ2) is 4.52. The van der Waals surface area contributed by atoms with E-state index in [1.54, 1.807) is 0 Å². The van der Waals surface area contributed by atoms with Crippen LogP contribution >= 0.6 is 0 Å². The molecule has 0 aromatic rings. The van der Waals surface area contributed by atoms with Gasteiger partial charge in [0.2, 0.25) is 0 Å². The first-order valence-electron chi connectivity index (χ1n) is 4.98. The van der Waals surface area contributed by atoms with Gasteiger partial charge in [-0.05, 0) is 25.7 Å². The van der Waals surface area contributed by atoms with E-state index in [1.807, 2.05) is 0 Å². The highest BCUT2D eigenvalue weighted by Crippen LogP contribution is 2.33. The molecule has 1 heteroatoms. The molecule has 1 nitrogen and oxygen atoms in total. The summed E-state index contributed by atoms with van der Waals surface area (Å²) in [6.07, 6.45) is 10.6. The first-order valence-corrected chi connectivity index (χ1v) is 4.98. The number of hydrogen-bond donors (Lipinski definition) is 1. The van der Waals surface area contributed by atoms with Crippen LogP contribution in [0.15, 0.2) is 0 Å². The fourth-order valence-electron chi connectivity index (χ4n) is 1.55. The van der Waals surface area contributed by atoms with Gasteiger partial charge in [0, 0.05) is 6.04 Å². The molecule has 0 bridgehead atoms. The average Bonchev–Trinajstić information content (AvgIpc) is 2.84. The zero-order valence-electron chi connectivity index (χ0n) is 8.14. The molecule has 0 aromatic heterocycles. The smallest absolute Gasteiger partial charge is 0.0686 e. The van der Waals surface area contributed by atoms with Crippen LogP contribution in [0.1, 0.15) is 39.5 Å². The minimum Gasteiger partial charge on any atom is -0.301 e. The quantitative estimate of drug-likeness (QED) is 0.616. The molecule has 1 saturated carbocycles. The third-order valence-electron chi connectivity index (χ3n) is 2.48. The molecule has 12 heavy (non-hydrogen) atoms. The zero-order chi connectivity index (χ0) is 8.97. The van der Waals surface area contributed by atoms with E-state index in [0.717, 1.165) is 12.3 Å². The molecular weight excluding hydrogens is 146 g/mol. The van der Waals surface area contributed by atoms with Crippen molar-refractivity contribution >= 4 is 0 Å². The fourth-order valence-corrected chi connectivity index (χ4v) is 1.55. The van der Waals surface area contributed by atoms with Crippen LogP contribution in [0, 0.1) is 18.3 Å². The van der Waals surface area contributed by atoms with Gasteiger partial charge in [-0.3, -0.25) is 0 Å². The molecule has 1 fully saturated rings. The minimum atomic E-state index is 0.277. The van der Waals surface area contributed by atoms with Crippen LogP contribution in [-0.2, 0) is 0 Å². The zero-order valence-corrected chi connectivity index (χ0v) is 8.14. The van der Waals surface area contributed by atoms with E-state index in [4.69, 9.17) is 6.42 Å². The van der Waals surface area contributed by atoms with Crippen molar-refractivity contribution in [2.45, 2.75) is 51.6 Å². The normalized spacial score (nSPS) is 21.4. The molecule has 1 rings (SSSR count). The molecule has 1 aliphatic carbocycles. The predicted molar refractivity (Wildman–Crippen MR) is 52.9 cm³/mol. The van der Waals surface area contributed by atoms with E-state index in [-0.39, 0.29) is 6.04 Å². The van der Waals surface area contributed by atoms with Gasteiger partial charge in [0.15, 0.2) is 0 Å². The summed E-state index contributed by atoms with van der Waals surface area (Å²) in [4.78, 5) is 0. The Bertz CT molecular complexity index is 164. The van der Waals surface area contributed by atoms with Crippen molar-refractivity contribution in [1.29, 1.82) is 0 Å². The van der Waals surface area contributed by atoms with Gasteiger partial charge >= 0.3 is 0 Å². The first kappa shape index (κ1) is 9.61. The van der Waals surface area contributed by atoms with E-state index >= 15 is 0 Å². The van der Waals surface area contributed by atoms with Crippen molar-refractivity contribution in [1.82, 2.24) is 5.32 Å². The van der Waals surface area contributed by atoms with Crippen molar-refractivity contribution in [2.75, 3.05) is 0 Å². The fraction of sp³-hybridized carbons (Fsp3) is 0.818. The lowest BCUT2D eigenvalue weighted by atomic mass is 10.1. The highest BCUT2D eigenvalue weighted by atomic mass is 14.9. The standard InChI is InChI=1S/C11H19N/c1-4-11(5-2)12-9(3)8-10-6-7-10/h1,9-12H,5-8H2,2-3H3. The van der Waals surface area contributed by atoms with E-state index in [2.05, 4.69) is 25.1 Å². The first-order chi connectivity index (χ1) is 5.76. The monoisotopic (exact) mass is 165 g/mol. The van der Waals surface area contributed by atoms with Gasteiger partial charge in [-0.25, -0.2) is 0 Å². The Morgan fingerprint density at radius 1 is 1.58 bits per heavy atom. The Morgan fingerprint density at radius 3 is 2.67 bits per heavy atom. The molecule has 2 unspecified atom stereocenters. The second-order valence-electron chi connectivity index (χ2n) is 3.87. The van der Waals surface area contributed by atoms with E-state index in [9.17, 15) is 0 Å². The van der Waals surface area contributed by atoms with Crippen molar-refractivity contribution in [2.24, 2.45) is 5.92 Å². The van der Waals surface area contributed by atoms with Gasteiger partial charge in [0.1, 0.15) is 0 Å². The Kier molecular flexibility index (Phi) is 3.62. The van der Waals surface area contributed by atoms with Crippen LogP contribution in [0.3, 0.4) is 0 Å². The SMILES string of the molecule is C#CC(CC)NC(C)CC1CC1. The van der Waals surface area contributed by atoms with Gasteiger partial charge < -0.3 is 5.32 Å². The van der Waals surface area contributed by atoms with E-state index in [0.29, 0.717) is 6.04 Å². The third-order valence-corrected chi connectivity index (χ3v) is 2.48. The number of rotatable bonds is 5. The van der Waals surface area contributed by atoms with Crippen LogP contribution in [0.4, 0.5) is 0 Å². The van der Waals surface area contributed by atoms with Gasteiger partial charge in [-0.1, -0.05) is 25.7 Å². The van der Waals surface area contributed by atoms with Gasteiger partial charge in [-0.15, -0.1) is 6.42 Å². The minimum absolute atomic E-state index is 0.277. The lowest BCUT2D eigenvalue weighted by Crippen LogP contribution is -2.35. The highest BCUT2D eigenvalue weighted by molar-refractivity contribution is 4.99. The number of nitrogens with one attached hydrogen (secondary N) is 1. The number of hydrogen-bond acceptors (Lipinski definition) is 1. The van der Waals surface area contributed by atoms with Gasteiger partial charge in [-0.2, -0.15) is 0 Å². The number of terminal acetylenes is 1. The maximum atomic E-state index is 5.37. The molecule has 1 aliphatic rings. The van der Waals surface area contributed by atoms with Crippen LogP contribution in [0.25, 0.3) is 0 Å². The van der Waals surface area contributed by atoms with Gasteiger partial charge in [0.05, 0.1) is 6.04 Å². The van der Waals surface area contributed by atoms with Crippen molar-refractivity contribution in [3.05, 3.63) is 0 Å². The van der Waals surface area contributed by atoms with Crippen molar-refractivity contribution in [3.63, 3.8) is 0 Å². The van der Waals surface area contributed by atoms with Crippen LogP contribution < -0.4 is 5.32 Å². The molecule has 2 atom stereocenters. The molecule has 0 saturated heterocycles. The topological polar surface area (TPSA) is 12.0 Å². The lowest BCUT2D eigenvalue weighted by Gasteiger charge is -2.17. The van der Waals surface area contributed by atoms with Crippen molar-refractivity contribution in [3.8, 4) is 12.3 Å². The summed E-state index contributed by atoms with van der Waals surface area (Å²) in [5.41, 5.74) is 0. The molecule has 0 aromatic carbocycles. The average molecular weight is 165 g/mol. The maximum Gasteiger partial charge on any atom is 0.0686 e. The van der Waals surface area contributed by atoms with Crippen LogP contribution in [0.2, 0.25) is 0 Å². The largest absolute Gasteiger partial charge is 0.301 e. The molecule has 0 spiro atoms. The molecule has 0 heterocycles. The summed E-state index contributed by atoms with van der Waals surface area (Å²) >= 11 is 0. The molecule has 0 amide bonds. The lowest BCUT2D eigenvalue weighted by molar-refractivity contribution is 0.452. The Labute approximate surface area is 75.9 Å². The Morgan fingerprint density at radius 2 is 2.25 bits per heavy atom. The van der Waals surface area contributed by atoms with Crippen LogP contribution in [0.5, 0.6) is 0 Å². The summed E-state index contributed by atoms with van der Waals surface area (Å²) < 4.78 is 0. The van der Waals surface area contributed by atoms with Crippen molar-refractivity contribution < 1.29 is 0 Å². The summed E-state index contributed by atoms with van der Waals surface area (Å²) in [7, 11) is 0. The van der Waals surface area contributed by atoms with Gasteiger partial charge in [0.25, 0.3) is 0 Å². The molecule has 0 radical (unpaired) electrons. The van der Waals surface area contributed by atoms with E-state index < -0.39 is 0 Å². The molecule has 68 valence electrons. The molecule has 0 aliphatic heterocycles. The Hall–Kier alpha value is -0.480. The third kappa shape index (κ3) is 3.28. The van der Waals surface area contributed by atoms with Crippen LogP contribution in [-0.4, -0.2) is 12.1 Å². The Balaban J connectivity index is 2.14. The summed E-state index contributed by atoms with van der Waals surface area (Å²) in [6, 6.07) is 0.872. The maximum absolute atomic E-state index is 5.37.